The second-order valence-electron chi connectivity index (χ2n) is 11.5. The van der Waals surface area contributed by atoms with Crippen molar-refractivity contribution in [1.29, 1.82) is 5.26 Å². The fourth-order valence-electron chi connectivity index (χ4n) is 6.53. The Morgan fingerprint density at radius 2 is 1.93 bits per heavy atom. The first kappa shape index (κ1) is 29.8. The van der Waals surface area contributed by atoms with Gasteiger partial charge in [-0.3, -0.25) is 9.69 Å². The standard InChI is InChI=1S/C31H34FN9O2S2/c1-4-22-29(38(3)30-35-27(24(17-33)44-30)19-7-9-20(32)10-8-19)41-31(34-22)45-28(36-41)21-16-25(40-11-5-6-23(21)40)37(2)18-26(42)39-12-14-43-15-13-39/h6-10,21,25H,4-5,11-16,18H2,1-3H3. The van der Waals surface area contributed by atoms with Crippen LogP contribution in [-0.4, -0.2) is 99.8 Å². The quantitative estimate of drug-likeness (QED) is 0.274. The maximum atomic E-state index is 13.6. The number of nitrogens with zero attached hydrogens (tertiary/aromatic N) is 9. The van der Waals surface area contributed by atoms with Crippen LogP contribution in [0.5, 0.6) is 0 Å². The zero-order chi connectivity index (χ0) is 31.2. The largest absolute Gasteiger partial charge is 0.378 e. The van der Waals surface area contributed by atoms with Crippen molar-refractivity contribution in [3.8, 4) is 17.3 Å². The number of imidazole rings is 1. The normalized spacial score (nSPS) is 19.8. The molecule has 6 heterocycles. The highest BCUT2D eigenvalue weighted by molar-refractivity contribution is 7.17. The summed E-state index contributed by atoms with van der Waals surface area (Å²) >= 11 is 2.89. The molecule has 3 aromatic heterocycles. The number of ether oxygens (including phenoxy) is 1. The van der Waals surface area contributed by atoms with Crippen LogP contribution in [0, 0.1) is 17.1 Å². The highest BCUT2D eigenvalue weighted by Crippen LogP contribution is 2.46. The number of aryl methyl sites for hydroxylation is 1. The number of carbonyl (C=O) groups excluding carboxylic acids is 1. The number of anilines is 2. The van der Waals surface area contributed by atoms with E-state index in [4.69, 9.17) is 19.8 Å². The van der Waals surface area contributed by atoms with Gasteiger partial charge in [0.1, 0.15) is 27.5 Å². The van der Waals surface area contributed by atoms with E-state index in [9.17, 15) is 14.4 Å². The molecule has 3 aliphatic rings. The predicted molar refractivity (Wildman–Crippen MR) is 171 cm³/mol. The van der Waals surface area contributed by atoms with Crippen LogP contribution in [0.1, 0.15) is 41.3 Å². The summed E-state index contributed by atoms with van der Waals surface area (Å²) in [6.07, 6.45) is 4.96. The summed E-state index contributed by atoms with van der Waals surface area (Å²) in [7, 11) is 3.96. The highest BCUT2D eigenvalue weighted by atomic mass is 32.1. The van der Waals surface area contributed by atoms with E-state index in [2.05, 4.69) is 28.9 Å². The zero-order valence-electron chi connectivity index (χ0n) is 25.4. The summed E-state index contributed by atoms with van der Waals surface area (Å²) in [5.74, 6) is 0.741. The van der Waals surface area contributed by atoms with Gasteiger partial charge in [0.05, 0.1) is 37.5 Å². The lowest BCUT2D eigenvalue weighted by Gasteiger charge is -2.34. The van der Waals surface area contributed by atoms with Gasteiger partial charge >= 0.3 is 0 Å². The number of halogens is 1. The van der Waals surface area contributed by atoms with Gasteiger partial charge in [0.25, 0.3) is 0 Å². The highest BCUT2D eigenvalue weighted by Gasteiger charge is 2.43. The number of fused-ring (bicyclic) bond motifs is 2. The second kappa shape index (κ2) is 12.1. The van der Waals surface area contributed by atoms with Crippen molar-refractivity contribution in [2.75, 3.05) is 58.4 Å². The molecule has 2 unspecified atom stereocenters. The number of benzene rings is 1. The number of aromatic nitrogens is 4. The van der Waals surface area contributed by atoms with Crippen molar-refractivity contribution in [3.63, 3.8) is 0 Å². The van der Waals surface area contributed by atoms with E-state index in [1.54, 1.807) is 23.5 Å². The maximum Gasteiger partial charge on any atom is 0.236 e. The lowest BCUT2D eigenvalue weighted by molar-refractivity contribution is -0.137. The van der Waals surface area contributed by atoms with Gasteiger partial charge in [-0.05, 0) is 50.6 Å². The van der Waals surface area contributed by atoms with E-state index in [-0.39, 0.29) is 23.8 Å². The molecule has 11 nitrogen and oxygen atoms in total. The SMILES string of the molecule is CCc1nc2sc(C3CC(N(C)CC(=O)N4CCOCC4)N4CCC=C34)nn2c1N(C)c1nc(-c2ccc(F)cc2)c(C#N)s1. The summed E-state index contributed by atoms with van der Waals surface area (Å²) in [4.78, 5) is 32.5. The molecule has 2 saturated heterocycles. The van der Waals surface area contributed by atoms with Crippen LogP contribution in [0.25, 0.3) is 16.2 Å². The molecule has 4 aromatic rings. The van der Waals surface area contributed by atoms with Crippen molar-refractivity contribution in [1.82, 2.24) is 34.3 Å². The van der Waals surface area contributed by atoms with Gasteiger partial charge < -0.3 is 19.4 Å². The Labute approximate surface area is 268 Å². The lowest BCUT2D eigenvalue weighted by atomic mass is 10.1. The number of likely N-dealkylation sites (N-methyl/N-ethyl adjacent to an activating group) is 1. The summed E-state index contributed by atoms with van der Waals surface area (Å²) in [5.41, 5.74) is 3.39. The topological polar surface area (TPSA) is 106 Å². The van der Waals surface area contributed by atoms with Gasteiger partial charge in [0.15, 0.2) is 10.9 Å². The number of nitriles is 1. The van der Waals surface area contributed by atoms with Gasteiger partial charge in [-0.15, -0.1) is 0 Å². The van der Waals surface area contributed by atoms with Crippen LogP contribution in [0.2, 0.25) is 0 Å². The zero-order valence-corrected chi connectivity index (χ0v) is 27.1. The van der Waals surface area contributed by atoms with Gasteiger partial charge in [-0.25, -0.2) is 14.4 Å². The molecule has 0 aliphatic carbocycles. The third-order valence-corrected chi connectivity index (χ3v) is 10.9. The van der Waals surface area contributed by atoms with Crippen LogP contribution in [0.4, 0.5) is 15.3 Å². The van der Waals surface area contributed by atoms with Crippen molar-refractivity contribution in [2.24, 2.45) is 0 Å². The monoisotopic (exact) mass is 647 g/mol. The Kier molecular flexibility index (Phi) is 8.03. The number of amides is 1. The summed E-state index contributed by atoms with van der Waals surface area (Å²) in [6.45, 7) is 5.86. The van der Waals surface area contributed by atoms with Crippen molar-refractivity contribution in [3.05, 3.63) is 57.4 Å². The summed E-state index contributed by atoms with van der Waals surface area (Å²) < 4.78 is 20.9. The van der Waals surface area contributed by atoms with Crippen molar-refractivity contribution in [2.45, 2.75) is 38.3 Å². The number of rotatable bonds is 8. The number of carbonyl (C=O) groups is 1. The summed E-state index contributed by atoms with van der Waals surface area (Å²) in [6, 6.07) is 8.29. The molecule has 1 aromatic carbocycles. The van der Waals surface area contributed by atoms with E-state index in [0.29, 0.717) is 60.5 Å². The van der Waals surface area contributed by atoms with E-state index in [1.165, 1.54) is 29.2 Å². The average molecular weight is 648 g/mol. The van der Waals surface area contributed by atoms with Gasteiger partial charge in [-0.2, -0.15) is 14.9 Å². The lowest BCUT2D eigenvalue weighted by Crippen LogP contribution is -2.49. The van der Waals surface area contributed by atoms with Crippen LogP contribution in [0.3, 0.4) is 0 Å². The Morgan fingerprint density at radius 3 is 2.67 bits per heavy atom. The number of hydrogen-bond acceptors (Lipinski definition) is 11. The molecule has 7 rings (SSSR count). The number of allylic oxidation sites excluding steroid dienone is 1. The molecule has 0 bridgehead atoms. The second-order valence-corrected chi connectivity index (χ2v) is 13.5. The third-order valence-electron chi connectivity index (χ3n) is 8.81. The van der Waals surface area contributed by atoms with E-state index in [0.717, 1.165) is 40.9 Å². The van der Waals surface area contributed by atoms with Gasteiger partial charge in [0.2, 0.25) is 10.9 Å². The first-order valence-corrected chi connectivity index (χ1v) is 16.8. The number of thiazole rings is 1. The molecule has 2 atom stereocenters. The summed E-state index contributed by atoms with van der Waals surface area (Å²) in [5, 5.41) is 16.6. The van der Waals surface area contributed by atoms with E-state index in [1.807, 2.05) is 28.4 Å². The maximum absolute atomic E-state index is 13.6. The molecule has 0 radical (unpaired) electrons. The molecule has 0 spiro atoms. The van der Waals surface area contributed by atoms with E-state index < -0.39 is 0 Å². The molecule has 45 heavy (non-hydrogen) atoms. The first-order valence-electron chi connectivity index (χ1n) is 15.2. The Bertz CT molecular complexity index is 1800. The van der Waals surface area contributed by atoms with Crippen molar-refractivity contribution < 1.29 is 13.9 Å². The van der Waals surface area contributed by atoms with Gasteiger partial charge in [-0.1, -0.05) is 35.7 Å². The Hall–Kier alpha value is -3.90. The average Bonchev–Trinajstić information content (AvgIpc) is 3.87. The fourth-order valence-corrected chi connectivity index (χ4v) is 8.41. The molecule has 0 N–H and O–H groups in total. The number of morpholine rings is 1. The third kappa shape index (κ3) is 5.37. The van der Waals surface area contributed by atoms with Crippen LogP contribution < -0.4 is 4.90 Å². The predicted octanol–water partition coefficient (Wildman–Crippen LogP) is 4.45. The van der Waals surface area contributed by atoms with Crippen LogP contribution >= 0.6 is 22.7 Å². The minimum absolute atomic E-state index is 0.114. The van der Waals surface area contributed by atoms with Crippen LogP contribution in [0.15, 0.2) is 36.0 Å². The molecule has 0 saturated carbocycles. The molecule has 1 amide bonds. The van der Waals surface area contributed by atoms with Gasteiger partial charge in [0, 0.05) is 37.9 Å². The molecule has 2 fully saturated rings. The molecular weight excluding hydrogens is 614 g/mol. The molecule has 234 valence electrons. The molecule has 14 heteroatoms. The molecular formula is C31H34FN9O2S2. The minimum atomic E-state index is -0.336. The van der Waals surface area contributed by atoms with E-state index >= 15 is 0 Å². The van der Waals surface area contributed by atoms with Crippen molar-refractivity contribution >= 4 is 44.5 Å². The Balaban J connectivity index is 1.16. The fraction of sp³-hybridized carbons (Fsp3) is 0.452. The number of hydrogen-bond donors (Lipinski definition) is 0. The smallest absolute Gasteiger partial charge is 0.236 e. The minimum Gasteiger partial charge on any atom is -0.378 e. The van der Waals surface area contributed by atoms with Crippen LogP contribution in [-0.2, 0) is 16.0 Å². The molecule has 3 aliphatic heterocycles. The Morgan fingerprint density at radius 1 is 1.16 bits per heavy atom. The first-order chi connectivity index (χ1) is 21.9.